The van der Waals surface area contributed by atoms with Gasteiger partial charge in [0, 0.05) is 10.8 Å². The monoisotopic (exact) mass is 267 g/mol. The van der Waals surface area contributed by atoms with E-state index in [-0.39, 0.29) is 0 Å². The van der Waals surface area contributed by atoms with Gasteiger partial charge in [0.25, 0.3) is 0 Å². The van der Waals surface area contributed by atoms with E-state index in [1.165, 1.54) is 0 Å². The van der Waals surface area contributed by atoms with Crippen LogP contribution >= 0.6 is 0 Å². The highest BCUT2D eigenvalue weighted by atomic mass is 16.5. The average molecular weight is 267 g/mol. The van der Waals surface area contributed by atoms with Gasteiger partial charge in [0.15, 0.2) is 6.29 Å². The largest absolute Gasteiger partial charge is 0.497 e. The van der Waals surface area contributed by atoms with Crippen LogP contribution in [0.15, 0.2) is 48.5 Å². The summed E-state index contributed by atoms with van der Waals surface area (Å²) in [6, 6.07) is 14.9. The molecule has 0 unspecified atom stereocenters. The molecule has 0 saturated carbocycles. The van der Waals surface area contributed by atoms with Gasteiger partial charge in [0.1, 0.15) is 11.5 Å². The highest BCUT2D eigenvalue weighted by Crippen LogP contribution is 2.31. The minimum absolute atomic E-state index is 0.518. The number of benzene rings is 2. The first kappa shape index (κ1) is 12.3. The van der Waals surface area contributed by atoms with Crippen LogP contribution in [0.25, 0.3) is 10.8 Å². The van der Waals surface area contributed by atoms with Gasteiger partial charge in [-0.25, -0.2) is 0 Å². The summed E-state index contributed by atoms with van der Waals surface area (Å²) in [5.41, 5.74) is 0.518. The number of hydrogen-bond acceptors (Lipinski definition) is 3. The molecule has 0 saturated heterocycles. The van der Waals surface area contributed by atoms with E-state index in [0.29, 0.717) is 17.3 Å². The summed E-state index contributed by atoms with van der Waals surface area (Å²) in [5.74, 6) is 2.00. The highest BCUT2D eigenvalue weighted by molar-refractivity contribution is 6.00. The second-order valence-corrected chi connectivity index (χ2v) is 4.31. The van der Waals surface area contributed by atoms with Crippen LogP contribution in [-0.4, -0.2) is 18.4 Å². The molecule has 100 valence electrons. The lowest BCUT2D eigenvalue weighted by atomic mass is 10.2. The predicted octanol–water partition coefficient (Wildman–Crippen LogP) is 3.78. The van der Waals surface area contributed by atoms with Crippen LogP contribution in [0.2, 0.25) is 0 Å². The first-order valence-electron chi connectivity index (χ1n) is 6.19. The van der Waals surface area contributed by atoms with Crippen molar-refractivity contribution in [2.45, 2.75) is 0 Å². The lowest BCUT2D eigenvalue weighted by Gasteiger charge is -2.05. The van der Waals surface area contributed by atoms with Crippen molar-refractivity contribution >= 4 is 17.1 Å². The minimum atomic E-state index is 0.518. The van der Waals surface area contributed by atoms with Crippen molar-refractivity contribution in [2.24, 2.45) is 0 Å². The molecule has 4 nitrogen and oxygen atoms in total. The maximum absolute atomic E-state index is 11.1. The first-order chi connectivity index (χ1) is 9.81. The van der Waals surface area contributed by atoms with Gasteiger partial charge < -0.3 is 14.5 Å². The Morgan fingerprint density at radius 1 is 0.950 bits per heavy atom. The molecule has 20 heavy (non-hydrogen) atoms. The van der Waals surface area contributed by atoms with Crippen LogP contribution in [0.5, 0.6) is 17.4 Å². The Bertz CT molecular complexity index is 744. The average Bonchev–Trinajstić information content (AvgIpc) is 2.86. The van der Waals surface area contributed by atoms with E-state index in [4.69, 9.17) is 9.47 Å². The summed E-state index contributed by atoms with van der Waals surface area (Å²) in [4.78, 5) is 14.1. The molecular weight excluding hydrogens is 254 g/mol. The van der Waals surface area contributed by atoms with Crippen molar-refractivity contribution < 1.29 is 14.3 Å². The summed E-state index contributed by atoms with van der Waals surface area (Å²) >= 11 is 0. The van der Waals surface area contributed by atoms with E-state index in [1.54, 1.807) is 7.11 Å². The standard InChI is InChI=1S/C16H13NO3/c1-19-11-6-8-12(9-7-11)20-16-14-5-3-2-4-13(14)15(10-18)17-16/h2-10,17H,1H3. The number of hydrogen-bond donors (Lipinski definition) is 1. The number of methoxy groups -OCH3 is 1. The molecule has 0 spiro atoms. The molecule has 4 heteroatoms. The number of rotatable bonds is 4. The zero-order valence-electron chi connectivity index (χ0n) is 10.9. The van der Waals surface area contributed by atoms with Crippen molar-refractivity contribution in [1.82, 2.24) is 4.98 Å². The predicted molar refractivity (Wildman–Crippen MR) is 76.8 cm³/mol. The maximum atomic E-state index is 11.1. The number of fused-ring (bicyclic) bond motifs is 1. The molecule has 1 aromatic heterocycles. The summed E-state index contributed by atoms with van der Waals surface area (Å²) in [6.45, 7) is 0. The molecule has 1 heterocycles. The van der Waals surface area contributed by atoms with Gasteiger partial charge in [-0.05, 0) is 30.3 Å². The Kier molecular flexibility index (Phi) is 3.13. The molecule has 2 aromatic carbocycles. The quantitative estimate of drug-likeness (QED) is 0.732. The second-order valence-electron chi connectivity index (χ2n) is 4.31. The molecule has 3 aromatic rings. The highest BCUT2D eigenvalue weighted by Gasteiger charge is 2.10. The fraction of sp³-hybridized carbons (Fsp3) is 0.0625. The fourth-order valence-corrected chi connectivity index (χ4v) is 2.11. The van der Waals surface area contributed by atoms with E-state index < -0.39 is 0 Å². The molecular formula is C16H13NO3. The van der Waals surface area contributed by atoms with Crippen molar-refractivity contribution in [1.29, 1.82) is 0 Å². The van der Waals surface area contributed by atoms with Crippen LogP contribution < -0.4 is 9.47 Å². The van der Waals surface area contributed by atoms with Crippen LogP contribution in [0.4, 0.5) is 0 Å². The number of carbonyl (C=O) groups is 1. The second kappa shape index (κ2) is 5.09. The molecule has 0 fully saturated rings. The smallest absolute Gasteiger partial charge is 0.205 e. The Morgan fingerprint density at radius 2 is 1.60 bits per heavy atom. The summed E-state index contributed by atoms with van der Waals surface area (Å²) in [6.07, 6.45) is 0.795. The zero-order valence-corrected chi connectivity index (χ0v) is 10.9. The molecule has 1 N–H and O–H groups in total. The van der Waals surface area contributed by atoms with Gasteiger partial charge in [-0.3, -0.25) is 4.79 Å². The third-order valence-electron chi connectivity index (χ3n) is 3.11. The molecule has 0 atom stereocenters. The summed E-state index contributed by atoms with van der Waals surface area (Å²) in [7, 11) is 1.62. The molecule has 0 aliphatic heterocycles. The lowest BCUT2D eigenvalue weighted by molar-refractivity contribution is 0.112. The van der Waals surface area contributed by atoms with Gasteiger partial charge >= 0.3 is 0 Å². The maximum Gasteiger partial charge on any atom is 0.205 e. The van der Waals surface area contributed by atoms with Crippen LogP contribution in [0, 0.1) is 0 Å². The SMILES string of the molecule is COc1ccc(Oc2[nH]c(C=O)c3ccccc23)cc1. The van der Waals surface area contributed by atoms with Crippen molar-refractivity contribution in [3.8, 4) is 17.4 Å². The third kappa shape index (κ3) is 2.12. The van der Waals surface area contributed by atoms with Crippen molar-refractivity contribution in [3.63, 3.8) is 0 Å². The number of nitrogens with one attached hydrogen (secondary N) is 1. The van der Waals surface area contributed by atoms with Crippen molar-refractivity contribution in [2.75, 3.05) is 7.11 Å². The number of aldehydes is 1. The molecule has 0 bridgehead atoms. The van der Waals surface area contributed by atoms with Gasteiger partial charge in [0.2, 0.25) is 5.88 Å². The van der Waals surface area contributed by atoms with Crippen LogP contribution in [0.3, 0.4) is 0 Å². The molecule has 3 rings (SSSR count). The molecule has 0 aliphatic rings. The third-order valence-corrected chi connectivity index (χ3v) is 3.11. The topological polar surface area (TPSA) is 51.3 Å². The van der Waals surface area contributed by atoms with Gasteiger partial charge in [-0.1, -0.05) is 18.2 Å². The van der Waals surface area contributed by atoms with E-state index >= 15 is 0 Å². The normalized spacial score (nSPS) is 10.4. The Hall–Kier alpha value is -2.75. The molecule has 0 radical (unpaired) electrons. The van der Waals surface area contributed by atoms with Crippen molar-refractivity contribution in [3.05, 3.63) is 54.2 Å². The van der Waals surface area contributed by atoms with E-state index in [0.717, 1.165) is 22.8 Å². The number of ether oxygens (including phenoxy) is 2. The van der Waals surface area contributed by atoms with Crippen LogP contribution in [0.1, 0.15) is 10.5 Å². The number of H-pyrrole nitrogens is 1. The Labute approximate surface area is 115 Å². The van der Waals surface area contributed by atoms with Gasteiger partial charge in [-0.2, -0.15) is 0 Å². The summed E-state index contributed by atoms with van der Waals surface area (Å²) < 4.78 is 10.9. The summed E-state index contributed by atoms with van der Waals surface area (Å²) in [5, 5.41) is 1.73. The lowest BCUT2D eigenvalue weighted by Crippen LogP contribution is -1.87. The number of carbonyl (C=O) groups excluding carboxylic acids is 1. The Morgan fingerprint density at radius 3 is 2.25 bits per heavy atom. The minimum Gasteiger partial charge on any atom is -0.497 e. The zero-order chi connectivity index (χ0) is 13.9. The molecule has 0 amide bonds. The van der Waals surface area contributed by atoms with E-state index in [2.05, 4.69) is 4.98 Å². The fourth-order valence-electron chi connectivity index (χ4n) is 2.11. The first-order valence-corrected chi connectivity index (χ1v) is 6.19. The Balaban J connectivity index is 1.99. The van der Waals surface area contributed by atoms with E-state index in [1.807, 2.05) is 48.5 Å². The van der Waals surface area contributed by atoms with Crippen LogP contribution in [-0.2, 0) is 0 Å². The number of aromatic nitrogens is 1. The van der Waals surface area contributed by atoms with E-state index in [9.17, 15) is 4.79 Å². The van der Waals surface area contributed by atoms with Gasteiger partial charge in [-0.15, -0.1) is 0 Å². The van der Waals surface area contributed by atoms with Gasteiger partial charge in [0.05, 0.1) is 12.8 Å². The number of aromatic amines is 1. The molecule has 0 aliphatic carbocycles.